The first-order chi connectivity index (χ1) is 8.04. The van der Waals surface area contributed by atoms with Crippen LogP contribution in [0.4, 0.5) is 0 Å². The predicted octanol–water partition coefficient (Wildman–Crippen LogP) is 4.02. The lowest BCUT2D eigenvalue weighted by Crippen LogP contribution is -2.04. The Balaban J connectivity index is 2.77. The standard InChI is InChI=1S/C14H18N2S/c1-5-12-8-15-14(17)16(12)13-10(3)6-9(2)7-11(13)4/h6-8H,5H2,1-4H3,(H,15,17). The summed E-state index contributed by atoms with van der Waals surface area (Å²) in [4.78, 5) is 3.13. The van der Waals surface area contributed by atoms with Crippen molar-refractivity contribution in [2.45, 2.75) is 34.1 Å². The van der Waals surface area contributed by atoms with E-state index >= 15 is 0 Å². The highest BCUT2D eigenvalue weighted by Gasteiger charge is 2.10. The van der Waals surface area contributed by atoms with Crippen LogP contribution in [0.3, 0.4) is 0 Å². The van der Waals surface area contributed by atoms with E-state index in [2.05, 4.69) is 49.4 Å². The average molecular weight is 246 g/mol. The van der Waals surface area contributed by atoms with E-state index in [1.54, 1.807) is 0 Å². The number of H-pyrrole nitrogens is 1. The smallest absolute Gasteiger partial charge is 0.182 e. The van der Waals surface area contributed by atoms with Gasteiger partial charge in [-0.05, 0) is 50.5 Å². The Morgan fingerprint density at radius 3 is 2.29 bits per heavy atom. The Hall–Kier alpha value is -1.35. The maximum absolute atomic E-state index is 5.38. The van der Waals surface area contributed by atoms with E-state index in [1.165, 1.54) is 28.1 Å². The second kappa shape index (κ2) is 4.49. The first-order valence-corrected chi connectivity index (χ1v) is 6.33. The Bertz CT molecular complexity index is 582. The Kier molecular flexibility index (Phi) is 3.20. The van der Waals surface area contributed by atoms with Gasteiger partial charge < -0.3 is 4.98 Å². The normalized spacial score (nSPS) is 10.8. The highest BCUT2D eigenvalue weighted by Crippen LogP contribution is 2.23. The van der Waals surface area contributed by atoms with E-state index in [9.17, 15) is 0 Å². The first-order valence-electron chi connectivity index (χ1n) is 5.92. The summed E-state index contributed by atoms with van der Waals surface area (Å²) < 4.78 is 2.93. The van der Waals surface area contributed by atoms with Crippen molar-refractivity contribution in [1.29, 1.82) is 0 Å². The van der Waals surface area contributed by atoms with Crippen LogP contribution in [-0.2, 0) is 6.42 Å². The van der Waals surface area contributed by atoms with Crippen LogP contribution < -0.4 is 0 Å². The molecule has 0 radical (unpaired) electrons. The van der Waals surface area contributed by atoms with Gasteiger partial charge in [-0.15, -0.1) is 0 Å². The van der Waals surface area contributed by atoms with Crippen LogP contribution in [0, 0.1) is 25.5 Å². The van der Waals surface area contributed by atoms with Crippen molar-refractivity contribution in [1.82, 2.24) is 9.55 Å². The molecule has 17 heavy (non-hydrogen) atoms. The summed E-state index contributed by atoms with van der Waals surface area (Å²) in [7, 11) is 0. The van der Waals surface area contributed by atoms with Gasteiger partial charge in [0.25, 0.3) is 0 Å². The molecule has 0 atom stereocenters. The molecule has 0 aliphatic carbocycles. The van der Waals surface area contributed by atoms with Crippen LogP contribution >= 0.6 is 12.2 Å². The van der Waals surface area contributed by atoms with Crippen LogP contribution in [0.5, 0.6) is 0 Å². The molecule has 0 bridgehead atoms. The molecule has 90 valence electrons. The fraction of sp³-hybridized carbons (Fsp3) is 0.357. The summed E-state index contributed by atoms with van der Waals surface area (Å²) in [6, 6.07) is 4.41. The molecule has 1 aromatic heterocycles. The minimum atomic E-state index is 0.775. The fourth-order valence-corrected chi connectivity index (χ4v) is 2.70. The summed E-state index contributed by atoms with van der Waals surface area (Å²) in [5.74, 6) is 0. The van der Waals surface area contributed by atoms with Gasteiger partial charge in [0.15, 0.2) is 4.77 Å². The van der Waals surface area contributed by atoms with Crippen molar-refractivity contribution in [2.24, 2.45) is 0 Å². The number of imidazole rings is 1. The van der Waals surface area contributed by atoms with Gasteiger partial charge in [0, 0.05) is 11.9 Å². The Morgan fingerprint density at radius 2 is 1.76 bits per heavy atom. The SMILES string of the molecule is CCc1c[nH]c(=S)n1-c1c(C)cc(C)cc1C. The molecule has 2 rings (SSSR count). The van der Waals surface area contributed by atoms with E-state index in [0.29, 0.717) is 0 Å². The summed E-state index contributed by atoms with van der Waals surface area (Å²) >= 11 is 5.38. The van der Waals surface area contributed by atoms with Gasteiger partial charge in [0.1, 0.15) is 0 Å². The zero-order valence-electron chi connectivity index (χ0n) is 10.8. The number of hydrogen-bond acceptors (Lipinski definition) is 1. The molecule has 0 aliphatic rings. The maximum atomic E-state index is 5.38. The van der Waals surface area contributed by atoms with Gasteiger partial charge in [0.05, 0.1) is 5.69 Å². The van der Waals surface area contributed by atoms with Crippen LogP contribution in [0.1, 0.15) is 29.3 Å². The monoisotopic (exact) mass is 246 g/mol. The first kappa shape index (κ1) is 12.1. The molecule has 0 spiro atoms. The molecule has 1 aromatic carbocycles. The topological polar surface area (TPSA) is 20.7 Å². The number of aromatic nitrogens is 2. The van der Waals surface area contributed by atoms with Gasteiger partial charge in [-0.25, -0.2) is 0 Å². The van der Waals surface area contributed by atoms with Gasteiger partial charge in [0.2, 0.25) is 0 Å². The molecule has 2 aromatic rings. The van der Waals surface area contributed by atoms with Crippen molar-refractivity contribution in [3.63, 3.8) is 0 Å². The van der Waals surface area contributed by atoms with E-state index in [1.807, 2.05) is 6.20 Å². The molecular formula is C14H18N2S. The fourth-order valence-electron chi connectivity index (χ4n) is 2.44. The molecule has 2 nitrogen and oxygen atoms in total. The summed E-state index contributed by atoms with van der Waals surface area (Å²) in [5, 5.41) is 0. The lowest BCUT2D eigenvalue weighted by atomic mass is 10.0. The van der Waals surface area contributed by atoms with Crippen LogP contribution in [-0.4, -0.2) is 9.55 Å². The molecular weight excluding hydrogens is 228 g/mol. The van der Waals surface area contributed by atoms with Gasteiger partial charge in [-0.3, -0.25) is 4.57 Å². The largest absolute Gasteiger partial charge is 0.337 e. The number of rotatable bonds is 2. The number of hydrogen-bond donors (Lipinski definition) is 1. The highest BCUT2D eigenvalue weighted by atomic mass is 32.1. The minimum Gasteiger partial charge on any atom is -0.337 e. The van der Waals surface area contributed by atoms with E-state index in [0.717, 1.165) is 11.2 Å². The van der Waals surface area contributed by atoms with Crippen LogP contribution in [0.15, 0.2) is 18.3 Å². The zero-order chi connectivity index (χ0) is 12.6. The summed E-state index contributed by atoms with van der Waals surface area (Å²) in [6.07, 6.45) is 2.97. The van der Waals surface area contributed by atoms with Crippen molar-refractivity contribution in [3.8, 4) is 5.69 Å². The zero-order valence-corrected chi connectivity index (χ0v) is 11.6. The summed E-state index contributed by atoms with van der Waals surface area (Å²) in [5.41, 5.74) is 6.29. The van der Waals surface area contributed by atoms with Crippen molar-refractivity contribution in [2.75, 3.05) is 0 Å². The second-order valence-electron chi connectivity index (χ2n) is 4.52. The number of nitrogens with zero attached hydrogens (tertiary/aromatic N) is 1. The maximum Gasteiger partial charge on any atom is 0.182 e. The lowest BCUT2D eigenvalue weighted by Gasteiger charge is -2.14. The number of aryl methyl sites for hydroxylation is 4. The van der Waals surface area contributed by atoms with E-state index in [-0.39, 0.29) is 0 Å². The Morgan fingerprint density at radius 1 is 1.18 bits per heavy atom. The van der Waals surface area contributed by atoms with Gasteiger partial charge in [-0.2, -0.15) is 0 Å². The highest BCUT2D eigenvalue weighted by molar-refractivity contribution is 7.71. The minimum absolute atomic E-state index is 0.775. The third-order valence-electron chi connectivity index (χ3n) is 3.07. The molecule has 0 saturated carbocycles. The van der Waals surface area contributed by atoms with Crippen LogP contribution in [0.2, 0.25) is 0 Å². The quantitative estimate of drug-likeness (QED) is 0.794. The van der Waals surface area contributed by atoms with E-state index < -0.39 is 0 Å². The van der Waals surface area contributed by atoms with Crippen molar-refractivity contribution < 1.29 is 0 Å². The number of aromatic amines is 1. The third kappa shape index (κ3) is 2.07. The van der Waals surface area contributed by atoms with Crippen molar-refractivity contribution >= 4 is 12.2 Å². The third-order valence-corrected chi connectivity index (χ3v) is 3.37. The van der Waals surface area contributed by atoms with Gasteiger partial charge in [-0.1, -0.05) is 24.6 Å². The Labute approximate surface area is 107 Å². The van der Waals surface area contributed by atoms with Gasteiger partial charge >= 0.3 is 0 Å². The molecule has 1 heterocycles. The lowest BCUT2D eigenvalue weighted by molar-refractivity contribution is 0.906. The summed E-state index contributed by atoms with van der Waals surface area (Å²) in [6.45, 7) is 8.56. The number of nitrogens with one attached hydrogen (secondary N) is 1. The van der Waals surface area contributed by atoms with Crippen LogP contribution in [0.25, 0.3) is 5.69 Å². The van der Waals surface area contributed by atoms with E-state index in [4.69, 9.17) is 12.2 Å². The molecule has 3 heteroatoms. The molecule has 0 unspecified atom stereocenters. The number of benzene rings is 1. The molecule has 1 N–H and O–H groups in total. The predicted molar refractivity (Wildman–Crippen MR) is 74.5 cm³/mol. The molecule has 0 saturated heterocycles. The van der Waals surface area contributed by atoms with Crippen molar-refractivity contribution in [3.05, 3.63) is 45.5 Å². The average Bonchev–Trinajstić information content (AvgIpc) is 2.59. The molecule has 0 aliphatic heterocycles. The molecule has 0 amide bonds. The molecule has 0 fully saturated rings. The second-order valence-corrected chi connectivity index (χ2v) is 4.91.